The summed E-state index contributed by atoms with van der Waals surface area (Å²) >= 11 is 0. The predicted molar refractivity (Wildman–Crippen MR) is 109 cm³/mol. The number of rotatable bonds is 6. The standard InChI is InChI=1S/C24H29NO/c1-18(26)24-16-21(24)12-9-19-10-13-23(14-11-19)25-15-5-8-22(17-25)20-6-3-2-4-7-20/h2-4,6-7,10-11,13-14,21-22,24,26H,1,5,8-9,12,15-17H2. The van der Waals surface area contributed by atoms with E-state index < -0.39 is 0 Å². The van der Waals surface area contributed by atoms with Crippen LogP contribution in [-0.2, 0) is 6.42 Å². The van der Waals surface area contributed by atoms with E-state index in [0.29, 0.717) is 23.5 Å². The van der Waals surface area contributed by atoms with Gasteiger partial charge in [-0.15, -0.1) is 0 Å². The summed E-state index contributed by atoms with van der Waals surface area (Å²) in [4.78, 5) is 2.54. The van der Waals surface area contributed by atoms with Crippen LogP contribution >= 0.6 is 0 Å². The van der Waals surface area contributed by atoms with Crippen molar-refractivity contribution in [2.45, 2.75) is 38.0 Å². The average Bonchev–Trinajstić information content (AvgIpc) is 3.48. The lowest BCUT2D eigenvalue weighted by Gasteiger charge is -2.34. The van der Waals surface area contributed by atoms with Crippen LogP contribution in [0.5, 0.6) is 0 Å². The van der Waals surface area contributed by atoms with Crippen molar-refractivity contribution in [2.24, 2.45) is 11.8 Å². The zero-order valence-corrected chi connectivity index (χ0v) is 15.5. The molecule has 1 heterocycles. The molecule has 0 aromatic heterocycles. The molecule has 2 aromatic carbocycles. The smallest absolute Gasteiger partial charge is 0.0884 e. The molecule has 2 nitrogen and oxygen atoms in total. The van der Waals surface area contributed by atoms with E-state index in [-0.39, 0.29) is 0 Å². The van der Waals surface area contributed by atoms with Gasteiger partial charge in [0.15, 0.2) is 0 Å². The molecule has 2 aromatic rings. The Bertz CT molecular complexity index is 737. The van der Waals surface area contributed by atoms with Gasteiger partial charge in [0.05, 0.1) is 5.76 Å². The predicted octanol–water partition coefficient (Wildman–Crippen LogP) is 5.71. The zero-order valence-electron chi connectivity index (χ0n) is 15.5. The number of aliphatic hydroxyl groups is 1. The van der Waals surface area contributed by atoms with Crippen LogP contribution in [0.15, 0.2) is 66.9 Å². The largest absolute Gasteiger partial charge is 0.513 e. The fourth-order valence-corrected chi connectivity index (χ4v) is 4.41. The second-order valence-electron chi connectivity index (χ2n) is 7.99. The minimum atomic E-state index is 0.359. The van der Waals surface area contributed by atoms with E-state index in [1.165, 1.54) is 29.7 Å². The Hall–Kier alpha value is -2.22. The molecule has 0 spiro atoms. The van der Waals surface area contributed by atoms with Crippen molar-refractivity contribution in [3.05, 3.63) is 78.1 Å². The SMILES string of the molecule is C=C(O)C1CC1CCc1ccc(N2CCCC(c3ccccc3)C2)cc1. The van der Waals surface area contributed by atoms with Gasteiger partial charge in [-0.25, -0.2) is 0 Å². The quantitative estimate of drug-likeness (QED) is 0.676. The second kappa shape index (κ2) is 7.57. The van der Waals surface area contributed by atoms with Crippen molar-refractivity contribution in [3.63, 3.8) is 0 Å². The first kappa shape index (κ1) is 17.2. The number of aliphatic hydroxyl groups excluding tert-OH is 1. The highest BCUT2D eigenvalue weighted by Crippen LogP contribution is 2.45. The highest BCUT2D eigenvalue weighted by molar-refractivity contribution is 5.48. The maximum atomic E-state index is 9.44. The van der Waals surface area contributed by atoms with E-state index in [1.807, 2.05) is 0 Å². The maximum absolute atomic E-state index is 9.44. The van der Waals surface area contributed by atoms with Gasteiger partial charge in [-0.3, -0.25) is 0 Å². The normalized spacial score (nSPS) is 25.1. The van der Waals surface area contributed by atoms with Crippen molar-refractivity contribution in [1.29, 1.82) is 0 Å². The van der Waals surface area contributed by atoms with E-state index in [2.05, 4.69) is 66.1 Å². The zero-order chi connectivity index (χ0) is 17.9. The van der Waals surface area contributed by atoms with Gasteiger partial charge in [-0.2, -0.15) is 0 Å². The number of benzene rings is 2. The van der Waals surface area contributed by atoms with Crippen LogP contribution in [0.3, 0.4) is 0 Å². The van der Waals surface area contributed by atoms with Crippen molar-refractivity contribution < 1.29 is 5.11 Å². The summed E-state index contributed by atoms with van der Waals surface area (Å²) in [5.74, 6) is 2.02. The molecule has 2 aliphatic rings. The summed E-state index contributed by atoms with van der Waals surface area (Å²) in [7, 11) is 0. The molecule has 0 bridgehead atoms. The van der Waals surface area contributed by atoms with Crippen molar-refractivity contribution in [3.8, 4) is 0 Å². The second-order valence-corrected chi connectivity index (χ2v) is 7.99. The molecule has 2 fully saturated rings. The fraction of sp³-hybridized carbons (Fsp3) is 0.417. The van der Waals surface area contributed by atoms with Crippen LogP contribution in [0.25, 0.3) is 0 Å². The molecule has 0 radical (unpaired) electrons. The van der Waals surface area contributed by atoms with Gasteiger partial charge in [0.1, 0.15) is 0 Å². The lowest BCUT2D eigenvalue weighted by molar-refractivity contribution is 0.372. The van der Waals surface area contributed by atoms with Gasteiger partial charge in [0, 0.05) is 30.6 Å². The van der Waals surface area contributed by atoms with E-state index >= 15 is 0 Å². The monoisotopic (exact) mass is 347 g/mol. The Morgan fingerprint density at radius 1 is 1.08 bits per heavy atom. The van der Waals surface area contributed by atoms with Gasteiger partial charge in [-0.1, -0.05) is 49.0 Å². The minimum absolute atomic E-state index is 0.359. The lowest BCUT2D eigenvalue weighted by atomic mass is 9.90. The molecule has 2 heteroatoms. The topological polar surface area (TPSA) is 23.5 Å². The molecule has 3 atom stereocenters. The average molecular weight is 348 g/mol. The summed E-state index contributed by atoms with van der Waals surface area (Å²) in [6, 6.07) is 20.1. The van der Waals surface area contributed by atoms with Crippen LogP contribution in [0.1, 0.15) is 42.7 Å². The highest BCUT2D eigenvalue weighted by Gasteiger charge is 2.38. The summed E-state index contributed by atoms with van der Waals surface area (Å²) in [6.07, 6.45) is 5.92. The summed E-state index contributed by atoms with van der Waals surface area (Å²) in [5.41, 5.74) is 4.22. The Kier molecular flexibility index (Phi) is 5.01. The number of allylic oxidation sites excluding steroid dienone is 1. The third-order valence-corrected chi connectivity index (χ3v) is 6.15. The number of piperidine rings is 1. The molecule has 1 aliphatic heterocycles. The molecule has 1 N–H and O–H groups in total. The minimum Gasteiger partial charge on any atom is -0.513 e. The van der Waals surface area contributed by atoms with Gasteiger partial charge in [-0.05, 0) is 61.3 Å². The lowest BCUT2D eigenvalue weighted by Crippen LogP contribution is -2.34. The number of aryl methyl sites for hydroxylation is 1. The number of hydrogen-bond donors (Lipinski definition) is 1. The molecular weight excluding hydrogens is 318 g/mol. The van der Waals surface area contributed by atoms with E-state index in [9.17, 15) is 5.11 Å². The van der Waals surface area contributed by atoms with Crippen molar-refractivity contribution in [1.82, 2.24) is 0 Å². The summed E-state index contributed by atoms with van der Waals surface area (Å²) in [5, 5.41) is 9.44. The number of nitrogens with zero attached hydrogens (tertiary/aromatic N) is 1. The molecule has 1 saturated carbocycles. The van der Waals surface area contributed by atoms with Crippen LogP contribution < -0.4 is 4.90 Å². The van der Waals surface area contributed by atoms with E-state index in [4.69, 9.17) is 0 Å². The Balaban J connectivity index is 1.34. The van der Waals surface area contributed by atoms with Gasteiger partial charge < -0.3 is 10.0 Å². The number of hydrogen-bond acceptors (Lipinski definition) is 2. The molecule has 1 aliphatic carbocycles. The first-order valence-corrected chi connectivity index (χ1v) is 9.97. The fourth-order valence-electron chi connectivity index (χ4n) is 4.41. The summed E-state index contributed by atoms with van der Waals surface area (Å²) in [6.45, 7) is 5.94. The molecule has 0 amide bonds. The third-order valence-electron chi connectivity index (χ3n) is 6.15. The third kappa shape index (κ3) is 3.95. The Labute approximate surface area is 157 Å². The van der Waals surface area contributed by atoms with Crippen LogP contribution in [0.2, 0.25) is 0 Å². The molecular formula is C24H29NO. The Morgan fingerprint density at radius 2 is 1.85 bits per heavy atom. The van der Waals surface area contributed by atoms with E-state index in [0.717, 1.165) is 32.4 Å². The summed E-state index contributed by atoms with van der Waals surface area (Å²) < 4.78 is 0. The van der Waals surface area contributed by atoms with Crippen LogP contribution in [-0.4, -0.2) is 18.2 Å². The van der Waals surface area contributed by atoms with Crippen LogP contribution in [0.4, 0.5) is 5.69 Å². The van der Waals surface area contributed by atoms with Crippen molar-refractivity contribution in [2.75, 3.05) is 18.0 Å². The molecule has 4 rings (SSSR count). The molecule has 26 heavy (non-hydrogen) atoms. The van der Waals surface area contributed by atoms with E-state index in [1.54, 1.807) is 0 Å². The van der Waals surface area contributed by atoms with Gasteiger partial charge in [0.2, 0.25) is 0 Å². The molecule has 136 valence electrons. The molecule has 1 saturated heterocycles. The van der Waals surface area contributed by atoms with Gasteiger partial charge >= 0.3 is 0 Å². The Morgan fingerprint density at radius 3 is 2.54 bits per heavy atom. The van der Waals surface area contributed by atoms with Gasteiger partial charge in [0.25, 0.3) is 0 Å². The first-order chi connectivity index (χ1) is 12.7. The maximum Gasteiger partial charge on any atom is 0.0884 e. The highest BCUT2D eigenvalue weighted by atomic mass is 16.3. The first-order valence-electron chi connectivity index (χ1n) is 9.97. The van der Waals surface area contributed by atoms with Crippen LogP contribution in [0, 0.1) is 11.8 Å². The van der Waals surface area contributed by atoms with Crippen molar-refractivity contribution >= 4 is 5.69 Å². The number of anilines is 1. The molecule has 3 unspecified atom stereocenters.